The van der Waals surface area contributed by atoms with Crippen LogP contribution in [0.4, 0.5) is 5.69 Å². The van der Waals surface area contributed by atoms with E-state index >= 15 is 0 Å². The lowest BCUT2D eigenvalue weighted by atomic mass is 10.0. The number of rotatable bonds is 7. The zero-order valence-corrected chi connectivity index (χ0v) is 19.4. The largest absolute Gasteiger partial charge is 0.381 e. The van der Waals surface area contributed by atoms with Crippen LogP contribution in [0.15, 0.2) is 36.5 Å². The number of amides is 2. The lowest BCUT2D eigenvalue weighted by Crippen LogP contribution is -2.29. The van der Waals surface area contributed by atoms with E-state index in [2.05, 4.69) is 20.9 Å². The van der Waals surface area contributed by atoms with Crippen LogP contribution in [0.5, 0.6) is 0 Å². The standard InChI is InChI=1S/C22H21Cl2N5O4/c1-12-6-14(23)8-16(21(30)28-32-2)19(12)26-22(31)18-9-15(7-13-10-33-11-13)27-29(18)20-17(24)4-3-5-25-20/h3-6,8-9,13H,7,10-11H2,1-2H3,(H,26,31)(H,28,30). The van der Waals surface area contributed by atoms with Crippen molar-refractivity contribution >= 4 is 40.7 Å². The summed E-state index contributed by atoms with van der Waals surface area (Å²) in [6.07, 6.45) is 2.22. The normalized spacial score (nSPS) is 13.5. The van der Waals surface area contributed by atoms with Gasteiger partial charge >= 0.3 is 0 Å². The third kappa shape index (κ3) is 5.01. The van der Waals surface area contributed by atoms with Crippen molar-refractivity contribution in [3.63, 3.8) is 0 Å². The van der Waals surface area contributed by atoms with Crippen LogP contribution < -0.4 is 10.8 Å². The number of carbonyl (C=O) groups excluding carboxylic acids is 2. The molecule has 0 bridgehead atoms. The molecule has 1 aromatic carbocycles. The maximum atomic E-state index is 13.4. The van der Waals surface area contributed by atoms with E-state index in [4.69, 9.17) is 32.8 Å². The van der Waals surface area contributed by atoms with Crippen LogP contribution in [-0.2, 0) is 16.0 Å². The molecule has 2 aromatic heterocycles. The number of pyridine rings is 1. The number of hydroxylamine groups is 1. The molecule has 3 aromatic rings. The van der Waals surface area contributed by atoms with E-state index in [1.807, 2.05) is 0 Å². The van der Waals surface area contributed by atoms with Crippen LogP contribution in [0.2, 0.25) is 10.0 Å². The zero-order valence-electron chi connectivity index (χ0n) is 17.9. The molecule has 0 spiro atoms. The van der Waals surface area contributed by atoms with Crippen LogP contribution >= 0.6 is 23.2 Å². The van der Waals surface area contributed by atoms with Gasteiger partial charge in [-0.05, 0) is 49.2 Å². The van der Waals surface area contributed by atoms with Gasteiger partial charge in [-0.2, -0.15) is 5.10 Å². The average molecular weight is 490 g/mol. The Morgan fingerprint density at radius 3 is 2.70 bits per heavy atom. The second kappa shape index (κ2) is 9.88. The molecular weight excluding hydrogens is 469 g/mol. The van der Waals surface area contributed by atoms with E-state index in [0.717, 1.165) is 0 Å². The van der Waals surface area contributed by atoms with Crippen molar-refractivity contribution in [2.75, 3.05) is 25.6 Å². The number of benzene rings is 1. The highest BCUT2D eigenvalue weighted by atomic mass is 35.5. The predicted molar refractivity (Wildman–Crippen MR) is 123 cm³/mol. The molecule has 11 heteroatoms. The Labute approximate surface area is 199 Å². The van der Waals surface area contributed by atoms with Gasteiger partial charge in [0.2, 0.25) is 0 Å². The van der Waals surface area contributed by atoms with Crippen molar-refractivity contribution in [1.29, 1.82) is 0 Å². The maximum absolute atomic E-state index is 13.4. The summed E-state index contributed by atoms with van der Waals surface area (Å²) in [7, 11) is 1.32. The minimum Gasteiger partial charge on any atom is -0.381 e. The van der Waals surface area contributed by atoms with Crippen LogP contribution in [0.1, 0.15) is 32.1 Å². The number of carbonyl (C=O) groups is 2. The van der Waals surface area contributed by atoms with Crippen LogP contribution in [-0.4, -0.2) is 46.9 Å². The first-order valence-electron chi connectivity index (χ1n) is 10.1. The smallest absolute Gasteiger partial charge is 0.277 e. The van der Waals surface area contributed by atoms with E-state index in [0.29, 0.717) is 58.4 Å². The number of hydrogen-bond acceptors (Lipinski definition) is 6. The van der Waals surface area contributed by atoms with Gasteiger partial charge in [-0.15, -0.1) is 0 Å². The van der Waals surface area contributed by atoms with Crippen LogP contribution in [0, 0.1) is 12.8 Å². The third-order valence-corrected chi connectivity index (χ3v) is 5.63. The summed E-state index contributed by atoms with van der Waals surface area (Å²) in [5.74, 6) is -0.375. The Kier molecular flexibility index (Phi) is 6.94. The van der Waals surface area contributed by atoms with Gasteiger partial charge in [0.05, 0.1) is 42.3 Å². The Morgan fingerprint density at radius 2 is 2.03 bits per heavy atom. The molecule has 1 fully saturated rings. The average Bonchev–Trinajstić information content (AvgIpc) is 3.17. The van der Waals surface area contributed by atoms with Crippen molar-refractivity contribution in [2.24, 2.45) is 5.92 Å². The van der Waals surface area contributed by atoms with Crippen molar-refractivity contribution in [3.05, 3.63) is 69.1 Å². The van der Waals surface area contributed by atoms with Crippen molar-refractivity contribution < 1.29 is 19.2 Å². The molecular formula is C22H21Cl2N5O4. The van der Waals surface area contributed by atoms with E-state index in [-0.39, 0.29) is 11.3 Å². The molecule has 9 nitrogen and oxygen atoms in total. The Balaban J connectivity index is 1.73. The highest BCUT2D eigenvalue weighted by Crippen LogP contribution is 2.28. The fraction of sp³-hybridized carbons (Fsp3) is 0.273. The van der Waals surface area contributed by atoms with Crippen LogP contribution in [0.3, 0.4) is 0 Å². The predicted octanol–water partition coefficient (Wildman–Crippen LogP) is 3.61. The first-order valence-corrected chi connectivity index (χ1v) is 10.9. The number of hydrogen-bond donors (Lipinski definition) is 2. The molecule has 3 heterocycles. The summed E-state index contributed by atoms with van der Waals surface area (Å²) in [4.78, 5) is 34.9. The molecule has 172 valence electrons. The van der Waals surface area contributed by atoms with E-state index in [1.54, 1.807) is 37.4 Å². The fourth-order valence-corrected chi connectivity index (χ4v) is 3.97. The number of nitrogens with zero attached hydrogens (tertiary/aromatic N) is 3. The highest BCUT2D eigenvalue weighted by Gasteiger charge is 2.25. The van der Waals surface area contributed by atoms with Gasteiger partial charge in [-0.3, -0.25) is 14.4 Å². The van der Waals surface area contributed by atoms with Gasteiger partial charge in [0, 0.05) is 17.1 Å². The van der Waals surface area contributed by atoms with Crippen LogP contribution in [0.25, 0.3) is 5.82 Å². The number of halogens is 2. The first-order chi connectivity index (χ1) is 15.9. The molecule has 4 rings (SSSR count). The molecule has 0 aliphatic carbocycles. The van der Waals surface area contributed by atoms with Gasteiger partial charge in [0.1, 0.15) is 5.69 Å². The van der Waals surface area contributed by atoms with E-state index < -0.39 is 11.8 Å². The molecule has 0 saturated carbocycles. The lowest BCUT2D eigenvalue weighted by molar-refractivity contribution is -0.0316. The van der Waals surface area contributed by atoms with Crippen molar-refractivity contribution in [1.82, 2.24) is 20.2 Å². The zero-order chi connectivity index (χ0) is 23.5. The first kappa shape index (κ1) is 23.2. The molecule has 0 radical (unpaired) electrons. The van der Waals surface area contributed by atoms with Crippen molar-refractivity contribution in [2.45, 2.75) is 13.3 Å². The van der Waals surface area contributed by atoms with Gasteiger partial charge in [0.25, 0.3) is 11.8 Å². The quantitative estimate of drug-likeness (QED) is 0.490. The van der Waals surface area contributed by atoms with Gasteiger partial charge in [-0.25, -0.2) is 15.1 Å². The maximum Gasteiger partial charge on any atom is 0.277 e. The minimum absolute atomic E-state index is 0.156. The highest BCUT2D eigenvalue weighted by molar-refractivity contribution is 6.32. The number of aromatic nitrogens is 3. The second-order valence-corrected chi connectivity index (χ2v) is 8.43. The number of aryl methyl sites for hydroxylation is 1. The van der Waals surface area contributed by atoms with Crippen molar-refractivity contribution in [3.8, 4) is 5.82 Å². The minimum atomic E-state index is -0.551. The molecule has 0 unspecified atom stereocenters. The summed E-state index contributed by atoms with van der Waals surface area (Å²) >= 11 is 12.5. The second-order valence-electron chi connectivity index (χ2n) is 7.58. The Hall–Kier alpha value is -2.98. The fourth-order valence-electron chi connectivity index (χ4n) is 3.50. The molecule has 2 amide bonds. The topological polar surface area (TPSA) is 107 Å². The van der Waals surface area contributed by atoms with E-state index in [1.165, 1.54) is 17.9 Å². The third-order valence-electron chi connectivity index (χ3n) is 5.12. The Morgan fingerprint density at radius 1 is 1.24 bits per heavy atom. The number of ether oxygens (including phenoxy) is 1. The molecule has 1 aliphatic rings. The monoisotopic (exact) mass is 489 g/mol. The van der Waals surface area contributed by atoms with Gasteiger partial charge in [-0.1, -0.05) is 23.2 Å². The number of anilines is 1. The summed E-state index contributed by atoms with van der Waals surface area (Å²) < 4.78 is 6.66. The van der Waals surface area contributed by atoms with Gasteiger partial charge in [0.15, 0.2) is 5.82 Å². The number of nitrogens with one attached hydrogen (secondary N) is 2. The molecule has 1 saturated heterocycles. The lowest BCUT2D eigenvalue weighted by Gasteiger charge is -2.24. The van der Waals surface area contributed by atoms with Gasteiger partial charge < -0.3 is 10.1 Å². The van der Waals surface area contributed by atoms with E-state index in [9.17, 15) is 9.59 Å². The Bertz CT molecular complexity index is 1210. The molecule has 2 N–H and O–H groups in total. The SMILES string of the molecule is CONC(=O)c1cc(Cl)cc(C)c1NC(=O)c1cc(CC2COC2)nn1-c1ncccc1Cl. The summed E-state index contributed by atoms with van der Waals surface area (Å²) in [6.45, 7) is 3.04. The molecule has 33 heavy (non-hydrogen) atoms. The summed E-state index contributed by atoms with van der Waals surface area (Å²) in [5, 5.41) is 8.09. The molecule has 1 aliphatic heterocycles. The summed E-state index contributed by atoms with van der Waals surface area (Å²) in [5.41, 5.74) is 4.23. The summed E-state index contributed by atoms with van der Waals surface area (Å²) in [6, 6.07) is 8.16. The molecule has 0 atom stereocenters.